The molecule has 1 aromatic heterocycles. The molecule has 0 spiro atoms. The monoisotopic (exact) mass is 264 g/mol. The van der Waals surface area contributed by atoms with E-state index in [4.69, 9.17) is 12.2 Å². The fourth-order valence-electron chi connectivity index (χ4n) is 1.81. The summed E-state index contributed by atoms with van der Waals surface area (Å²) in [6.07, 6.45) is 1.93. The number of benzene rings is 1. The predicted octanol–water partition coefficient (Wildman–Crippen LogP) is 3.93. The third-order valence-corrected chi connectivity index (χ3v) is 3.89. The molecule has 1 aromatic carbocycles. The molecule has 4 heteroatoms. The highest BCUT2D eigenvalue weighted by atomic mass is 32.2. The van der Waals surface area contributed by atoms with Crippen LogP contribution in [0.25, 0.3) is 11.0 Å². The molecule has 0 aliphatic rings. The number of fused-ring (bicyclic) bond motifs is 1. The maximum atomic E-state index is 5.35. The van der Waals surface area contributed by atoms with E-state index in [2.05, 4.69) is 41.3 Å². The molecule has 1 heterocycles. The lowest BCUT2D eigenvalue weighted by Gasteiger charge is -2.04. The van der Waals surface area contributed by atoms with Gasteiger partial charge in [-0.25, -0.2) is 0 Å². The van der Waals surface area contributed by atoms with Crippen molar-refractivity contribution in [3.8, 4) is 0 Å². The van der Waals surface area contributed by atoms with Crippen molar-refractivity contribution in [1.29, 1.82) is 0 Å². The topological polar surface area (TPSA) is 20.7 Å². The van der Waals surface area contributed by atoms with Crippen LogP contribution in [-0.2, 0) is 6.54 Å². The molecule has 0 radical (unpaired) electrons. The Morgan fingerprint density at radius 2 is 2.35 bits per heavy atom. The van der Waals surface area contributed by atoms with Crippen molar-refractivity contribution < 1.29 is 0 Å². The average molecular weight is 264 g/mol. The molecule has 1 N–H and O–H groups in total. The van der Waals surface area contributed by atoms with Crippen LogP contribution in [0.2, 0.25) is 0 Å². The zero-order chi connectivity index (χ0) is 12.3. The Morgan fingerprint density at radius 3 is 3.12 bits per heavy atom. The van der Waals surface area contributed by atoms with Crippen LogP contribution in [0, 0.1) is 11.7 Å². The Balaban J connectivity index is 2.26. The van der Waals surface area contributed by atoms with E-state index >= 15 is 0 Å². The number of aryl methyl sites for hydroxylation is 2. The molecule has 0 bridgehead atoms. The summed E-state index contributed by atoms with van der Waals surface area (Å²) in [7, 11) is 0. The number of aromatic amines is 1. The standard InChI is InChI=1S/C13H16N2S2/c1-3-7-17-8-6-15-12-9-10(2)4-5-11(12)14-13(15)16/h3-5,9H,1,6-8H2,2H3,(H,14,16). The minimum atomic E-state index is 0.810. The molecular formula is C13H16N2S2. The third-order valence-electron chi connectivity index (χ3n) is 2.63. The highest BCUT2D eigenvalue weighted by Crippen LogP contribution is 2.16. The van der Waals surface area contributed by atoms with E-state index in [1.807, 2.05) is 17.8 Å². The fraction of sp³-hybridized carbons (Fsp3) is 0.308. The van der Waals surface area contributed by atoms with Crippen LogP contribution in [0.3, 0.4) is 0 Å². The number of rotatable bonds is 5. The van der Waals surface area contributed by atoms with Gasteiger partial charge in [0.15, 0.2) is 4.77 Å². The van der Waals surface area contributed by atoms with E-state index in [0.29, 0.717) is 0 Å². The summed E-state index contributed by atoms with van der Waals surface area (Å²) in [6.45, 7) is 6.77. The highest BCUT2D eigenvalue weighted by molar-refractivity contribution is 7.99. The Morgan fingerprint density at radius 1 is 1.53 bits per heavy atom. The second-order valence-electron chi connectivity index (χ2n) is 3.97. The van der Waals surface area contributed by atoms with Crippen molar-refractivity contribution in [3.63, 3.8) is 0 Å². The Bertz CT molecular complexity index is 581. The van der Waals surface area contributed by atoms with Crippen molar-refractivity contribution in [2.75, 3.05) is 11.5 Å². The Hall–Kier alpha value is -1.00. The Labute approximate surface area is 111 Å². The molecule has 0 unspecified atom stereocenters. The van der Waals surface area contributed by atoms with Crippen molar-refractivity contribution >= 4 is 35.0 Å². The lowest BCUT2D eigenvalue weighted by molar-refractivity contribution is 0.783. The third kappa shape index (κ3) is 2.82. The van der Waals surface area contributed by atoms with Gasteiger partial charge < -0.3 is 9.55 Å². The van der Waals surface area contributed by atoms with Gasteiger partial charge in [-0.3, -0.25) is 0 Å². The van der Waals surface area contributed by atoms with Crippen LogP contribution < -0.4 is 0 Å². The molecular weight excluding hydrogens is 248 g/mol. The van der Waals surface area contributed by atoms with Crippen LogP contribution in [0.4, 0.5) is 0 Å². The van der Waals surface area contributed by atoms with Gasteiger partial charge in [-0.05, 0) is 36.8 Å². The first-order valence-corrected chi connectivity index (χ1v) is 7.16. The quantitative estimate of drug-likeness (QED) is 0.502. The number of hydrogen-bond acceptors (Lipinski definition) is 2. The van der Waals surface area contributed by atoms with E-state index in [-0.39, 0.29) is 0 Å². The van der Waals surface area contributed by atoms with Crippen LogP contribution in [0.5, 0.6) is 0 Å². The maximum absolute atomic E-state index is 5.35. The summed E-state index contributed by atoms with van der Waals surface area (Å²) in [6, 6.07) is 6.37. The molecule has 0 atom stereocenters. The van der Waals surface area contributed by atoms with Crippen molar-refractivity contribution in [2.45, 2.75) is 13.5 Å². The van der Waals surface area contributed by atoms with Crippen molar-refractivity contribution in [1.82, 2.24) is 9.55 Å². The Kier molecular flexibility index (Phi) is 4.07. The minimum absolute atomic E-state index is 0.810. The maximum Gasteiger partial charge on any atom is 0.178 e. The van der Waals surface area contributed by atoms with E-state index < -0.39 is 0 Å². The summed E-state index contributed by atoms with van der Waals surface area (Å²) < 4.78 is 2.98. The molecule has 90 valence electrons. The molecule has 0 amide bonds. The van der Waals surface area contributed by atoms with Gasteiger partial charge in [-0.1, -0.05) is 12.1 Å². The van der Waals surface area contributed by atoms with E-state index in [1.54, 1.807) is 0 Å². The second kappa shape index (κ2) is 5.56. The first kappa shape index (κ1) is 12.5. The molecule has 0 aliphatic carbocycles. The molecule has 0 saturated heterocycles. The van der Waals surface area contributed by atoms with Gasteiger partial charge in [-0.2, -0.15) is 11.8 Å². The molecule has 2 nitrogen and oxygen atoms in total. The largest absolute Gasteiger partial charge is 0.331 e. The fourth-order valence-corrected chi connectivity index (χ4v) is 2.75. The van der Waals surface area contributed by atoms with E-state index in [0.717, 1.165) is 28.3 Å². The van der Waals surface area contributed by atoms with Crippen molar-refractivity contribution in [2.24, 2.45) is 0 Å². The van der Waals surface area contributed by atoms with Gasteiger partial charge in [0.05, 0.1) is 11.0 Å². The average Bonchev–Trinajstić information content (AvgIpc) is 2.61. The summed E-state index contributed by atoms with van der Waals surface area (Å²) >= 11 is 7.23. The van der Waals surface area contributed by atoms with Crippen LogP contribution >= 0.6 is 24.0 Å². The van der Waals surface area contributed by atoms with Crippen LogP contribution in [0.15, 0.2) is 30.9 Å². The molecule has 0 fully saturated rings. The normalized spacial score (nSPS) is 10.9. The first-order valence-electron chi connectivity index (χ1n) is 5.60. The zero-order valence-electron chi connectivity index (χ0n) is 9.90. The van der Waals surface area contributed by atoms with Gasteiger partial charge in [0.25, 0.3) is 0 Å². The van der Waals surface area contributed by atoms with E-state index in [9.17, 15) is 0 Å². The van der Waals surface area contributed by atoms with Crippen LogP contribution in [0.1, 0.15) is 5.56 Å². The number of thioether (sulfide) groups is 1. The zero-order valence-corrected chi connectivity index (χ0v) is 11.5. The molecule has 17 heavy (non-hydrogen) atoms. The molecule has 2 rings (SSSR count). The van der Waals surface area contributed by atoms with Gasteiger partial charge in [-0.15, -0.1) is 6.58 Å². The summed E-state index contributed by atoms with van der Waals surface area (Å²) in [5, 5.41) is 0. The minimum Gasteiger partial charge on any atom is -0.331 e. The van der Waals surface area contributed by atoms with Gasteiger partial charge >= 0.3 is 0 Å². The molecule has 0 saturated carbocycles. The van der Waals surface area contributed by atoms with Gasteiger partial charge in [0, 0.05) is 18.1 Å². The highest BCUT2D eigenvalue weighted by Gasteiger charge is 2.03. The number of nitrogens with zero attached hydrogens (tertiary/aromatic N) is 1. The number of imidazole rings is 1. The summed E-state index contributed by atoms with van der Waals surface area (Å²) in [4.78, 5) is 3.24. The van der Waals surface area contributed by atoms with E-state index in [1.165, 1.54) is 11.1 Å². The van der Waals surface area contributed by atoms with Gasteiger partial charge in [0.2, 0.25) is 0 Å². The number of hydrogen-bond donors (Lipinski definition) is 1. The second-order valence-corrected chi connectivity index (χ2v) is 5.50. The lowest BCUT2D eigenvalue weighted by atomic mass is 10.2. The van der Waals surface area contributed by atoms with Crippen LogP contribution in [-0.4, -0.2) is 21.1 Å². The summed E-state index contributed by atoms with van der Waals surface area (Å²) in [5.74, 6) is 2.05. The lowest BCUT2D eigenvalue weighted by Crippen LogP contribution is -2.00. The number of nitrogens with one attached hydrogen (secondary N) is 1. The van der Waals surface area contributed by atoms with Gasteiger partial charge in [0.1, 0.15) is 0 Å². The van der Waals surface area contributed by atoms with Crippen molar-refractivity contribution in [3.05, 3.63) is 41.2 Å². The molecule has 2 aromatic rings. The molecule has 0 aliphatic heterocycles. The smallest absolute Gasteiger partial charge is 0.178 e. The summed E-state index contributed by atoms with van der Waals surface area (Å²) in [5.41, 5.74) is 3.59. The predicted molar refractivity (Wildman–Crippen MR) is 79.4 cm³/mol. The first-order chi connectivity index (χ1) is 8.22. The SMILES string of the molecule is C=CCSCCn1c(=S)[nH]c2ccc(C)cc21. The number of aromatic nitrogens is 2. The number of H-pyrrole nitrogens is 1.